The quantitative estimate of drug-likeness (QED) is 0.752. The minimum Gasteiger partial charge on any atom is -0.311 e. The third kappa shape index (κ3) is 2.87. The largest absolute Gasteiger partial charge is 0.311 e. The van der Waals surface area contributed by atoms with E-state index in [1.54, 1.807) is 12.7 Å². The number of aryl methyl sites for hydroxylation is 1. The zero-order chi connectivity index (χ0) is 11.2. The Bertz CT molecular complexity index is 424. The minimum absolute atomic E-state index is 0.833. The van der Waals surface area contributed by atoms with Gasteiger partial charge in [-0.1, -0.05) is 6.07 Å². The molecule has 0 spiro atoms. The summed E-state index contributed by atoms with van der Waals surface area (Å²) in [6.45, 7) is 4.57. The van der Waals surface area contributed by atoms with E-state index in [1.165, 1.54) is 5.56 Å². The molecule has 2 rings (SSSR count). The van der Waals surface area contributed by atoms with Gasteiger partial charge in [0.1, 0.15) is 12.7 Å². The Morgan fingerprint density at radius 2 is 2.38 bits per heavy atom. The van der Waals surface area contributed by atoms with Crippen LogP contribution in [-0.2, 0) is 13.1 Å². The van der Waals surface area contributed by atoms with Crippen LogP contribution in [0.2, 0.25) is 0 Å². The Balaban J connectivity index is 1.74. The molecule has 16 heavy (non-hydrogen) atoms. The summed E-state index contributed by atoms with van der Waals surface area (Å²) in [7, 11) is 0. The van der Waals surface area contributed by atoms with E-state index in [0.717, 1.165) is 25.3 Å². The lowest BCUT2D eigenvalue weighted by Crippen LogP contribution is -2.20. The first-order chi connectivity index (χ1) is 7.86. The number of pyridine rings is 1. The molecular weight excluding hydrogens is 202 g/mol. The molecule has 5 heteroatoms. The number of hydrogen-bond donors (Lipinski definition) is 1. The van der Waals surface area contributed by atoms with E-state index in [4.69, 9.17) is 0 Å². The topological polar surface area (TPSA) is 55.6 Å². The molecule has 1 N–H and O–H groups in total. The highest BCUT2D eigenvalue weighted by Gasteiger charge is 1.97. The molecule has 0 aromatic carbocycles. The second kappa shape index (κ2) is 5.37. The molecule has 0 atom stereocenters. The Morgan fingerprint density at radius 1 is 1.44 bits per heavy atom. The molecule has 0 aliphatic carbocycles. The zero-order valence-corrected chi connectivity index (χ0v) is 9.30. The first kappa shape index (κ1) is 10.8. The van der Waals surface area contributed by atoms with Crippen molar-refractivity contribution in [3.05, 3.63) is 42.2 Å². The molecule has 0 fully saturated rings. The predicted octanol–water partition coefficient (Wildman–Crippen LogP) is 0.771. The highest BCUT2D eigenvalue weighted by Crippen LogP contribution is 2.02. The lowest BCUT2D eigenvalue weighted by molar-refractivity contribution is 0.552. The van der Waals surface area contributed by atoms with Gasteiger partial charge in [-0.2, -0.15) is 5.10 Å². The molecular formula is C11H15N5. The molecule has 2 aromatic heterocycles. The van der Waals surface area contributed by atoms with Crippen LogP contribution in [0.3, 0.4) is 0 Å². The van der Waals surface area contributed by atoms with Crippen LogP contribution >= 0.6 is 0 Å². The number of hydrogen-bond acceptors (Lipinski definition) is 4. The summed E-state index contributed by atoms with van der Waals surface area (Å²) >= 11 is 0. The average molecular weight is 217 g/mol. The van der Waals surface area contributed by atoms with Gasteiger partial charge in [0.15, 0.2) is 0 Å². The molecule has 0 unspecified atom stereocenters. The van der Waals surface area contributed by atoms with Gasteiger partial charge in [-0.05, 0) is 18.6 Å². The van der Waals surface area contributed by atoms with E-state index in [0.29, 0.717) is 0 Å². The first-order valence-corrected chi connectivity index (χ1v) is 5.30. The van der Waals surface area contributed by atoms with Crippen molar-refractivity contribution in [3.63, 3.8) is 0 Å². The third-order valence-corrected chi connectivity index (χ3v) is 2.42. The molecule has 0 aliphatic rings. The van der Waals surface area contributed by atoms with Crippen LogP contribution in [0.5, 0.6) is 0 Å². The van der Waals surface area contributed by atoms with Crippen molar-refractivity contribution >= 4 is 0 Å². The summed E-state index contributed by atoms with van der Waals surface area (Å²) in [6, 6.07) is 4.05. The second-order valence-electron chi connectivity index (χ2n) is 3.58. The smallest absolute Gasteiger partial charge is 0.137 e. The van der Waals surface area contributed by atoms with E-state index in [1.807, 2.05) is 23.9 Å². The van der Waals surface area contributed by atoms with Crippen molar-refractivity contribution in [2.24, 2.45) is 0 Å². The van der Waals surface area contributed by atoms with Gasteiger partial charge >= 0.3 is 0 Å². The van der Waals surface area contributed by atoms with Gasteiger partial charge < -0.3 is 5.32 Å². The molecule has 0 saturated carbocycles. The molecule has 2 aromatic rings. The van der Waals surface area contributed by atoms with Crippen LogP contribution in [0, 0.1) is 6.92 Å². The van der Waals surface area contributed by atoms with Gasteiger partial charge in [0.05, 0.1) is 6.54 Å². The summed E-state index contributed by atoms with van der Waals surface area (Å²) in [5.74, 6) is 0. The monoisotopic (exact) mass is 217 g/mol. The van der Waals surface area contributed by atoms with Gasteiger partial charge in [0, 0.05) is 25.0 Å². The maximum atomic E-state index is 4.24. The average Bonchev–Trinajstić information content (AvgIpc) is 2.79. The molecule has 84 valence electrons. The van der Waals surface area contributed by atoms with Gasteiger partial charge in [0.2, 0.25) is 0 Å². The third-order valence-electron chi connectivity index (χ3n) is 2.42. The van der Waals surface area contributed by atoms with E-state index in [9.17, 15) is 0 Å². The number of nitrogens with one attached hydrogen (secondary N) is 1. The minimum atomic E-state index is 0.833. The summed E-state index contributed by atoms with van der Waals surface area (Å²) in [4.78, 5) is 8.13. The molecule has 0 amide bonds. The lowest BCUT2D eigenvalue weighted by Gasteiger charge is -2.06. The summed E-state index contributed by atoms with van der Waals surface area (Å²) < 4.78 is 1.81. The SMILES string of the molecule is Cc1ncccc1CNCCn1cncn1. The van der Waals surface area contributed by atoms with Crippen LogP contribution in [-0.4, -0.2) is 26.3 Å². The first-order valence-electron chi connectivity index (χ1n) is 5.30. The van der Waals surface area contributed by atoms with Gasteiger partial charge in [-0.25, -0.2) is 4.98 Å². The zero-order valence-electron chi connectivity index (χ0n) is 9.30. The van der Waals surface area contributed by atoms with E-state index in [2.05, 4.69) is 26.4 Å². The van der Waals surface area contributed by atoms with Crippen molar-refractivity contribution in [1.82, 2.24) is 25.1 Å². The van der Waals surface area contributed by atoms with Crippen LogP contribution in [0.15, 0.2) is 31.0 Å². The van der Waals surface area contributed by atoms with Crippen molar-refractivity contribution in [2.75, 3.05) is 6.54 Å². The Labute approximate surface area is 94.5 Å². The number of aromatic nitrogens is 4. The predicted molar refractivity (Wildman–Crippen MR) is 60.7 cm³/mol. The molecule has 0 aliphatic heterocycles. The van der Waals surface area contributed by atoms with Gasteiger partial charge in [-0.15, -0.1) is 0 Å². The van der Waals surface area contributed by atoms with E-state index >= 15 is 0 Å². The molecule has 5 nitrogen and oxygen atoms in total. The van der Waals surface area contributed by atoms with Crippen LogP contribution < -0.4 is 5.32 Å². The number of nitrogens with zero attached hydrogens (tertiary/aromatic N) is 4. The van der Waals surface area contributed by atoms with Gasteiger partial charge in [-0.3, -0.25) is 9.67 Å². The van der Waals surface area contributed by atoms with Crippen molar-refractivity contribution in [3.8, 4) is 0 Å². The summed E-state index contributed by atoms with van der Waals surface area (Å²) in [5, 5.41) is 7.38. The second-order valence-corrected chi connectivity index (χ2v) is 3.58. The van der Waals surface area contributed by atoms with Crippen LogP contribution in [0.25, 0.3) is 0 Å². The fourth-order valence-corrected chi connectivity index (χ4v) is 1.47. The van der Waals surface area contributed by atoms with Crippen LogP contribution in [0.4, 0.5) is 0 Å². The highest BCUT2D eigenvalue weighted by atomic mass is 15.3. The molecule has 0 bridgehead atoms. The Morgan fingerprint density at radius 3 is 3.12 bits per heavy atom. The fraction of sp³-hybridized carbons (Fsp3) is 0.364. The van der Waals surface area contributed by atoms with Crippen LogP contribution in [0.1, 0.15) is 11.3 Å². The lowest BCUT2D eigenvalue weighted by atomic mass is 10.2. The number of rotatable bonds is 5. The molecule has 0 saturated heterocycles. The summed E-state index contributed by atoms with van der Waals surface area (Å²) in [6.07, 6.45) is 5.08. The van der Waals surface area contributed by atoms with Crippen molar-refractivity contribution in [1.29, 1.82) is 0 Å². The molecule has 0 radical (unpaired) electrons. The molecule has 2 heterocycles. The normalized spacial score (nSPS) is 10.6. The Kier molecular flexibility index (Phi) is 3.61. The maximum absolute atomic E-state index is 4.24. The van der Waals surface area contributed by atoms with Crippen molar-refractivity contribution in [2.45, 2.75) is 20.0 Å². The van der Waals surface area contributed by atoms with Gasteiger partial charge in [0.25, 0.3) is 0 Å². The standard InChI is InChI=1S/C11H15N5/c1-10-11(3-2-4-14-10)7-12-5-6-16-9-13-8-15-16/h2-4,8-9,12H,5-7H2,1H3. The fourth-order valence-electron chi connectivity index (χ4n) is 1.47. The van der Waals surface area contributed by atoms with E-state index in [-0.39, 0.29) is 0 Å². The highest BCUT2D eigenvalue weighted by molar-refractivity contribution is 5.17. The Hall–Kier alpha value is -1.75. The van der Waals surface area contributed by atoms with Crippen molar-refractivity contribution < 1.29 is 0 Å². The maximum Gasteiger partial charge on any atom is 0.137 e. The summed E-state index contributed by atoms with van der Waals surface area (Å²) in [5.41, 5.74) is 2.32. The van der Waals surface area contributed by atoms with E-state index < -0.39 is 0 Å².